The van der Waals surface area contributed by atoms with Crippen LogP contribution in [0.5, 0.6) is 0 Å². The average molecular weight is 245 g/mol. The first kappa shape index (κ1) is 12.8. The topological polar surface area (TPSA) is 68.0 Å². The molecular formula is C14H19N3O. The van der Waals surface area contributed by atoms with Crippen molar-refractivity contribution in [3.63, 3.8) is 0 Å². The molecule has 0 unspecified atom stereocenters. The molecule has 0 saturated carbocycles. The molecule has 2 rings (SSSR count). The molecule has 96 valence electrons. The number of hydrogen-bond donors (Lipinski definition) is 2. The van der Waals surface area contributed by atoms with E-state index in [0.717, 1.165) is 30.5 Å². The van der Waals surface area contributed by atoms with Crippen molar-refractivity contribution in [1.29, 1.82) is 0 Å². The Balaban J connectivity index is 1.94. The van der Waals surface area contributed by atoms with Gasteiger partial charge in [0, 0.05) is 18.2 Å². The Morgan fingerprint density at radius 3 is 3.22 bits per heavy atom. The second-order valence-electron chi connectivity index (χ2n) is 4.48. The van der Waals surface area contributed by atoms with E-state index in [0.29, 0.717) is 13.0 Å². The van der Waals surface area contributed by atoms with Crippen LogP contribution in [-0.4, -0.2) is 17.4 Å². The highest BCUT2D eigenvalue weighted by atomic mass is 16.1. The maximum atomic E-state index is 11.8. The van der Waals surface area contributed by atoms with Gasteiger partial charge in [-0.3, -0.25) is 9.78 Å². The highest BCUT2D eigenvalue weighted by Crippen LogP contribution is 2.25. The Bertz CT molecular complexity index is 442. The molecule has 1 aromatic rings. The number of aromatic nitrogens is 1. The largest absolute Gasteiger partial charge is 0.349 e. The molecule has 1 aromatic heterocycles. The minimum atomic E-state index is 0.0593. The van der Waals surface area contributed by atoms with Gasteiger partial charge in [0.05, 0.1) is 11.7 Å². The van der Waals surface area contributed by atoms with Crippen molar-refractivity contribution in [3.05, 3.63) is 35.7 Å². The minimum absolute atomic E-state index is 0.0593. The summed E-state index contributed by atoms with van der Waals surface area (Å²) in [5, 5.41) is 3.06. The summed E-state index contributed by atoms with van der Waals surface area (Å²) in [5.74, 6) is 0.0959. The molecule has 1 amide bonds. The van der Waals surface area contributed by atoms with Crippen LogP contribution in [0.4, 0.5) is 0 Å². The van der Waals surface area contributed by atoms with Crippen molar-refractivity contribution in [3.8, 4) is 0 Å². The van der Waals surface area contributed by atoms with Crippen LogP contribution >= 0.6 is 0 Å². The smallest absolute Gasteiger partial charge is 0.220 e. The molecule has 1 heterocycles. The van der Waals surface area contributed by atoms with Crippen molar-refractivity contribution >= 4 is 12.0 Å². The van der Waals surface area contributed by atoms with Crippen molar-refractivity contribution in [2.75, 3.05) is 6.54 Å². The van der Waals surface area contributed by atoms with Gasteiger partial charge in [0.25, 0.3) is 0 Å². The van der Waals surface area contributed by atoms with E-state index in [1.54, 1.807) is 6.20 Å². The fraction of sp³-hybridized carbons (Fsp3) is 0.429. The Kier molecular flexibility index (Phi) is 4.47. The van der Waals surface area contributed by atoms with Crippen LogP contribution in [0, 0.1) is 0 Å². The molecular weight excluding hydrogens is 226 g/mol. The SMILES string of the molecule is NCCCCC(=O)N[C@@H]1CC=Cc2ncccc21. The van der Waals surface area contributed by atoms with E-state index in [9.17, 15) is 4.79 Å². The molecule has 1 aliphatic carbocycles. The number of amides is 1. The normalized spacial score (nSPS) is 17.3. The summed E-state index contributed by atoms with van der Waals surface area (Å²) in [6.07, 6.45) is 8.97. The Hall–Kier alpha value is -1.68. The zero-order valence-corrected chi connectivity index (χ0v) is 10.4. The van der Waals surface area contributed by atoms with Gasteiger partial charge in [0.1, 0.15) is 0 Å². The molecule has 0 bridgehead atoms. The number of nitrogens with one attached hydrogen (secondary N) is 1. The van der Waals surface area contributed by atoms with E-state index in [1.807, 2.05) is 18.2 Å². The van der Waals surface area contributed by atoms with Crippen LogP contribution in [0.1, 0.15) is 43.0 Å². The maximum Gasteiger partial charge on any atom is 0.220 e. The Morgan fingerprint density at radius 1 is 1.50 bits per heavy atom. The highest BCUT2D eigenvalue weighted by Gasteiger charge is 2.18. The minimum Gasteiger partial charge on any atom is -0.349 e. The molecule has 0 radical (unpaired) electrons. The summed E-state index contributed by atoms with van der Waals surface area (Å²) in [5.41, 5.74) is 7.47. The van der Waals surface area contributed by atoms with Gasteiger partial charge in [0.15, 0.2) is 0 Å². The number of hydrogen-bond acceptors (Lipinski definition) is 3. The highest BCUT2D eigenvalue weighted by molar-refractivity contribution is 5.76. The van der Waals surface area contributed by atoms with Gasteiger partial charge in [0.2, 0.25) is 5.91 Å². The van der Waals surface area contributed by atoms with E-state index in [4.69, 9.17) is 5.73 Å². The molecule has 18 heavy (non-hydrogen) atoms. The average Bonchev–Trinajstić information content (AvgIpc) is 2.39. The first-order valence-electron chi connectivity index (χ1n) is 6.42. The second kappa shape index (κ2) is 6.31. The third-order valence-electron chi connectivity index (χ3n) is 3.09. The van der Waals surface area contributed by atoms with E-state index in [1.165, 1.54) is 0 Å². The van der Waals surface area contributed by atoms with Crippen molar-refractivity contribution < 1.29 is 4.79 Å². The summed E-state index contributed by atoms with van der Waals surface area (Å²) >= 11 is 0. The third kappa shape index (κ3) is 3.17. The first-order valence-corrected chi connectivity index (χ1v) is 6.42. The molecule has 0 aromatic carbocycles. The van der Waals surface area contributed by atoms with Crippen LogP contribution in [0.2, 0.25) is 0 Å². The number of rotatable bonds is 5. The molecule has 1 atom stereocenters. The molecule has 1 aliphatic rings. The van der Waals surface area contributed by atoms with Crippen LogP contribution in [0.25, 0.3) is 6.08 Å². The molecule has 4 nitrogen and oxygen atoms in total. The zero-order chi connectivity index (χ0) is 12.8. The fourth-order valence-corrected chi connectivity index (χ4v) is 2.14. The lowest BCUT2D eigenvalue weighted by Crippen LogP contribution is -2.29. The lowest BCUT2D eigenvalue weighted by Gasteiger charge is -2.22. The van der Waals surface area contributed by atoms with Gasteiger partial charge >= 0.3 is 0 Å². The summed E-state index contributed by atoms with van der Waals surface area (Å²) in [6.45, 7) is 0.645. The Labute approximate surface area is 107 Å². The predicted octanol–water partition coefficient (Wildman–Crippen LogP) is 1.78. The van der Waals surface area contributed by atoms with Gasteiger partial charge in [-0.05, 0) is 37.9 Å². The standard InChI is InChI=1S/C14H19N3O/c15-9-2-1-8-14(18)17-13-7-3-6-12-11(13)5-4-10-16-12/h3-6,10,13H,1-2,7-9,15H2,(H,17,18)/t13-/m1/s1. The van der Waals surface area contributed by atoms with Crippen molar-refractivity contribution in [1.82, 2.24) is 10.3 Å². The van der Waals surface area contributed by atoms with E-state index < -0.39 is 0 Å². The number of nitrogens with two attached hydrogens (primary N) is 1. The van der Waals surface area contributed by atoms with E-state index in [-0.39, 0.29) is 11.9 Å². The van der Waals surface area contributed by atoms with Gasteiger partial charge in [-0.15, -0.1) is 0 Å². The lowest BCUT2D eigenvalue weighted by atomic mass is 9.96. The van der Waals surface area contributed by atoms with Crippen LogP contribution < -0.4 is 11.1 Å². The summed E-state index contributed by atoms with van der Waals surface area (Å²) < 4.78 is 0. The van der Waals surface area contributed by atoms with Gasteiger partial charge < -0.3 is 11.1 Å². The number of fused-ring (bicyclic) bond motifs is 1. The Morgan fingerprint density at radius 2 is 2.39 bits per heavy atom. The monoisotopic (exact) mass is 245 g/mol. The van der Waals surface area contributed by atoms with E-state index in [2.05, 4.69) is 16.4 Å². The van der Waals surface area contributed by atoms with Gasteiger partial charge in [-0.1, -0.05) is 12.1 Å². The van der Waals surface area contributed by atoms with Crippen LogP contribution in [0.15, 0.2) is 24.4 Å². The summed E-state index contributed by atoms with van der Waals surface area (Å²) in [4.78, 5) is 16.1. The van der Waals surface area contributed by atoms with Crippen LogP contribution in [-0.2, 0) is 4.79 Å². The fourth-order valence-electron chi connectivity index (χ4n) is 2.14. The number of pyridine rings is 1. The molecule has 0 saturated heterocycles. The van der Waals surface area contributed by atoms with Crippen LogP contribution in [0.3, 0.4) is 0 Å². The molecule has 0 spiro atoms. The number of nitrogens with zero attached hydrogens (tertiary/aromatic N) is 1. The summed E-state index contributed by atoms with van der Waals surface area (Å²) in [6, 6.07) is 3.99. The van der Waals surface area contributed by atoms with Crippen molar-refractivity contribution in [2.45, 2.75) is 31.7 Å². The molecule has 0 fully saturated rings. The first-order chi connectivity index (χ1) is 8.81. The zero-order valence-electron chi connectivity index (χ0n) is 10.4. The maximum absolute atomic E-state index is 11.8. The van der Waals surface area contributed by atoms with Crippen molar-refractivity contribution in [2.24, 2.45) is 5.73 Å². The summed E-state index contributed by atoms with van der Waals surface area (Å²) in [7, 11) is 0. The second-order valence-corrected chi connectivity index (χ2v) is 4.48. The van der Waals surface area contributed by atoms with Gasteiger partial charge in [-0.2, -0.15) is 0 Å². The quantitative estimate of drug-likeness (QED) is 0.777. The predicted molar refractivity (Wildman–Crippen MR) is 71.7 cm³/mol. The lowest BCUT2D eigenvalue weighted by molar-refractivity contribution is -0.121. The third-order valence-corrected chi connectivity index (χ3v) is 3.09. The molecule has 0 aliphatic heterocycles. The molecule has 4 heteroatoms. The van der Waals surface area contributed by atoms with E-state index >= 15 is 0 Å². The van der Waals surface area contributed by atoms with Gasteiger partial charge in [-0.25, -0.2) is 0 Å². The number of unbranched alkanes of at least 4 members (excludes halogenated alkanes) is 1. The number of carbonyl (C=O) groups is 1. The number of carbonyl (C=O) groups excluding carboxylic acids is 1. The molecule has 3 N–H and O–H groups in total.